The van der Waals surface area contributed by atoms with E-state index < -0.39 is 6.10 Å². The number of esters is 1. The maximum absolute atomic E-state index is 11.9. The number of carbonyl (C=O) groups is 2. The van der Waals surface area contributed by atoms with Crippen molar-refractivity contribution in [3.05, 3.63) is 47.0 Å². The van der Waals surface area contributed by atoms with Crippen molar-refractivity contribution < 1.29 is 19.4 Å². The minimum Gasteiger partial charge on any atom is -0.469 e. The monoisotopic (exact) mass is 288 g/mol. The Morgan fingerprint density at radius 3 is 2.62 bits per heavy atom. The van der Waals surface area contributed by atoms with Crippen molar-refractivity contribution in [2.24, 2.45) is 0 Å². The predicted molar refractivity (Wildman–Crippen MR) is 78.7 cm³/mol. The van der Waals surface area contributed by atoms with Crippen molar-refractivity contribution in [3.63, 3.8) is 0 Å². The number of aliphatic hydroxyl groups is 1. The molecule has 0 fully saturated rings. The van der Waals surface area contributed by atoms with Crippen LogP contribution in [-0.2, 0) is 20.7 Å². The van der Waals surface area contributed by atoms with Gasteiger partial charge in [-0.25, -0.2) is 0 Å². The van der Waals surface area contributed by atoms with E-state index in [1.807, 2.05) is 30.3 Å². The molecule has 0 heterocycles. The third-order valence-electron chi connectivity index (χ3n) is 3.84. The van der Waals surface area contributed by atoms with E-state index in [1.54, 1.807) is 0 Å². The molecular weight excluding hydrogens is 268 g/mol. The standard InChI is InChI=1S/C17H20O4/c1-21-17(20)10-9-14-13(15(18)11-16(14)19)8-7-12-5-3-2-4-6-12/h2-6,15,18H,7-11H2,1H3. The minimum atomic E-state index is -0.700. The molecule has 4 nitrogen and oxygen atoms in total. The Balaban J connectivity index is 2.05. The molecule has 1 aliphatic rings. The van der Waals surface area contributed by atoms with Crippen LogP contribution in [0.4, 0.5) is 0 Å². The molecule has 21 heavy (non-hydrogen) atoms. The molecule has 2 rings (SSSR count). The number of carbonyl (C=O) groups excluding carboxylic acids is 2. The summed E-state index contributed by atoms with van der Waals surface area (Å²) in [5, 5.41) is 10.0. The zero-order valence-corrected chi connectivity index (χ0v) is 12.2. The molecule has 0 aromatic heterocycles. The van der Waals surface area contributed by atoms with Gasteiger partial charge in [0.1, 0.15) is 0 Å². The van der Waals surface area contributed by atoms with Crippen molar-refractivity contribution >= 4 is 11.8 Å². The zero-order chi connectivity index (χ0) is 15.2. The second kappa shape index (κ2) is 7.18. The number of methoxy groups -OCH3 is 1. The Hall–Kier alpha value is -1.94. The van der Waals surface area contributed by atoms with Gasteiger partial charge in [0, 0.05) is 12.8 Å². The van der Waals surface area contributed by atoms with Crippen LogP contribution in [0.25, 0.3) is 0 Å². The van der Waals surface area contributed by atoms with Gasteiger partial charge in [-0.1, -0.05) is 30.3 Å². The molecular formula is C17H20O4. The minimum absolute atomic E-state index is 0.0468. The molecule has 0 amide bonds. The Kier molecular flexibility index (Phi) is 5.28. The van der Waals surface area contributed by atoms with Gasteiger partial charge < -0.3 is 9.84 Å². The smallest absolute Gasteiger partial charge is 0.305 e. The van der Waals surface area contributed by atoms with Crippen LogP contribution < -0.4 is 0 Å². The number of hydrogen-bond donors (Lipinski definition) is 1. The van der Waals surface area contributed by atoms with Crippen molar-refractivity contribution in [2.45, 2.75) is 38.2 Å². The normalized spacial score (nSPS) is 18.2. The number of Topliss-reactive ketones (excluding diaryl/α,β-unsaturated/α-hetero) is 1. The molecule has 0 saturated heterocycles. The Morgan fingerprint density at radius 1 is 1.24 bits per heavy atom. The van der Waals surface area contributed by atoms with Gasteiger partial charge in [-0.05, 0) is 36.0 Å². The molecule has 4 heteroatoms. The second-order valence-electron chi connectivity index (χ2n) is 5.21. The van der Waals surface area contributed by atoms with Gasteiger partial charge in [0.15, 0.2) is 5.78 Å². The third kappa shape index (κ3) is 4.02. The SMILES string of the molecule is COC(=O)CCC1=C(CCc2ccccc2)C(O)CC1=O. The first kappa shape index (κ1) is 15.4. The van der Waals surface area contributed by atoms with Gasteiger partial charge in [-0.15, -0.1) is 0 Å². The molecule has 1 unspecified atom stereocenters. The summed E-state index contributed by atoms with van der Waals surface area (Å²) in [5.74, 6) is -0.381. The average molecular weight is 288 g/mol. The summed E-state index contributed by atoms with van der Waals surface area (Å²) >= 11 is 0. The lowest BCUT2D eigenvalue weighted by Crippen LogP contribution is -2.07. The van der Waals surface area contributed by atoms with Crippen LogP contribution in [0.5, 0.6) is 0 Å². The molecule has 1 aromatic rings. The lowest BCUT2D eigenvalue weighted by molar-refractivity contribution is -0.140. The Bertz CT molecular complexity index is 545. The number of aliphatic hydroxyl groups excluding tert-OH is 1. The molecule has 0 aliphatic heterocycles. The molecule has 0 spiro atoms. The highest BCUT2D eigenvalue weighted by molar-refractivity contribution is 6.00. The van der Waals surface area contributed by atoms with E-state index in [4.69, 9.17) is 0 Å². The Morgan fingerprint density at radius 2 is 1.95 bits per heavy atom. The third-order valence-corrected chi connectivity index (χ3v) is 3.84. The first-order chi connectivity index (χ1) is 10.1. The predicted octanol–water partition coefficient (Wildman–Crippen LogP) is 2.20. The first-order valence-corrected chi connectivity index (χ1v) is 7.15. The van der Waals surface area contributed by atoms with Crippen LogP contribution >= 0.6 is 0 Å². The topological polar surface area (TPSA) is 63.6 Å². The molecule has 112 valence electrons. The zero-order valence-electron chi connectivity index (χ0n) is 12.2. The molecule has 1 atom stereocenters. The van der Waals surface area contributed by atoms with E-state index in [0.29, 0.717) is 18.4 Å². The maximum atomic E-state index is 11.9. The highest BCUT2D eigenvalue weighted by Gasteiger charge is 2.30. The summed E-state index contributed by atoms with van der Waals surface area (Å²) in [6.45, 7) is 0. The molecule has 1 N–H and O–H groups in total. The van der Waals surface area contributed by atoms with Gasteiger partial charge >= 0.3 is 5.97 Å². The lowest BCUT2D eigenvalue weighted by Gasteiger charge is -2.10. The average Bonchev–Trinajstić information content (AvgIpc) is 2.77. The van der Waals surface area contributed by atoms with Crippen molar-refractivity contribution in [1.29, 1.82) is 0 Å². The number of aryl methyl sites for hydroxylation is 1. The van der Waals surface area contributed by atoms with E-state index >= 15 is 0 Å². The van der Waals surface area contributed by atoms with Gasteiger partial charge in [-0.3, -0.25) is 9.59 Å². The highest BCUT2D eigenvalue weighted by Crippen LogP contribution is 2.30. The fraction of sp³-hybridized carbons (Fsp3) is 0.412. The quantitative estimate of drug-likeness (QED) is 0.815. The van der Waals surface area contributed by atoms with Crippen LogP contribution in [-0.4, -0.2) is 30.1 Å². The van der Waals surface area contributed by atoms with Crippen LogP contribution in [0.1, 0.15) is 31.2 Å². The molecule has 0 bridgehead atoms. The van der Waals surface area contributed by atoms with E-state index in [-0.39, 0.29) is 24.6 Å². The van der Waals surface area contributed by atoms with Gasteiger partial charge in [0.25, 0.3) is 0 Å². The van der Waals surface area contributed by atoms with Crippen molar-refractivity contribution in [2.75, 3.05) is 7.11 Å². The highest BCUT2D eigenvalue weighted by atomic mass is 16.5. The molecule has 0 saturated carbocycles. The summed E-state index contributed by atoms with van der Waals surface area (Å²) in [5.41, 5.74) is 2.57. The van der Waals surface area contributed by atoms with Crippen LogP contribution in [0, 0.1) is 0 Å². The molecule has 1 aromatic carbocycles. The van der Waals surface area contributed by atoms with E-state index in [9.17, 15) is 14.7 Å². The van der Waals surface area contributed by atoms with E-state index in [0.717, 1.165) is 12.0 Å². The first-order valence-electron chi connectivity index (χ1n) is 7.15. The summed E-state index contributed by atoms with van der Waals surface area (Å²) in [6.07, 6.45) is 1.40. The fourth-order valence-corrected chi connectivity index (χ4v) is 2.67. The van der Waals surface area contributed by atoms with Gasteiger partial charge in [0.05, 0.1) is 13.2 Å². The number of allylic oxidation sites excluding steroid dienone is 1. The van der Waals surface area contributed by atoms with Crippen LogP contribution in [0.2, 0.25) is 0 Å². The maximum Gasteiger partial charge on any atom is 0.305 e. The number of ether oxygens (including phenoxy) is 1. The van der Waals surface area contributed by atoms with Crippen molar-refractivity contribution in [1.82, 2.24) is 0 Å². The summed E-state index contributed by atoms with van der Waals surface area (Å²) in [4.78, 5) is 23.2. The second-order valence-corrected chi connectivity index (χ2v) is 5.21. The van der Waals surface area contributed by atoms with Crippen LogP contribution in [0.15, 0.2) is 41.5 Å². The number of benzene rings is 1. The molecule has 1 aliphatic carbocycles. The van der Waals surface area contributed by atoms with Crippen LogP contribution in [0.3, 0.4) is 0 Å². The summed E-state index contributed by atoms with van der Waals surface area (Å²) in [6, 6.07) is 9.95. The number of rotatable bonds is 6. The van der Waals surface area contributed by atoms with E-state index in [1.165, 1.54) is 12.7 Å². The van der Waals surface area contributed by atoms with E-state index in [2.05, 4.69) is 4.74 Å². The Labute approximate surface area is 124 Å². The summed E-state index contributed by atoms with van der Waals surface area (Å²) in [7, 11) is 1.33. The molecule has 0 radical (unpaired) electrons. The number of ketones is 1. The largest absolute Gasteiger partial charge is 0.469 e. The number of hydrogen-bond acceptors (Lipinski definition) is 4. The van der Waals surface area contributed by atoms with Gasteiger partial charge in [0.2, 0.25) is 0 Å². The lowest BCUT2D eigenvalue weighted by atomic mass is 9.98. The fourth-order valence-electron chi connectivity index (χ4n) is 2.67. The van der Waals surface area contributed by atoms with Crippen molar-refractivity contribution in [3.8, 4) is 0 Å². The van der Waals surface area contributed by atoms with Gasteiger partial charge in [-0.2, -0.15) is 0 Å². The summed E-state index contributed by atoms with van der Waals surface area (Å²) < 4.78 is 4.60.